The summed E-state index contributed by atoms with van der Waals surface area (Å²) in [7, 11) is -3.63. The number of alkyl halides is 3. The van der Waals surface area contributed by atoms with Crippen molar-refractivity contribution in [1.29, 1.82) is 0 Å². The summed E-state index contributed by atoms with van der Waals surface area (Å²) >= 11 is 0. The lowest BCUT2D eigenvalue weighted by Crippen LogP contribution is -2.37. The van der Waals surface area contributed by atoms with Crippen molar-refractivity contribution in [2.24, 2.45) is 5.73 Å². The summed E-state index contributed by atoms with van der Waals surface area (Å²) in [5, 5.41) is 0. The Labute approximate surface area is 106 Å². The monoisotopic (exact) mass is 290 g/mol. The Morgan fingerprint density at radius 3 is 2.22 bits per heavy atom. The molecular weight excluding hydrogens is 269 g/mol. The molecule has 0 rings (SSSR count). The zero-order valence-electron chi connectivity index (χ0n) is 10.5. The fourth-order valence-electron chi connectivity index (χ4n) is 1.45. The molecule has 0 unspecified atom stereocenters. The minimum atomic E-state index is -4.31. The van der Waals surface area contributed by atoms with Crippen molar-refractivity contribution >= 4 is 10.0 Å². The maximum atomic E-state index is 12.0. The Morgan fingerprint density at radius 1 is 1.17 bits per heavy atom. The van der Waals surface area contributed by atoms with Crippen LogP contribution in [0.3, 0.4) is 0 Å². The van der Waals surface area contributed by atoms with Gasteiger partial charge < -0.3 is 5.73 Å². The molecule has 8 heteroatoms. The number of nitrogens with two attached hydrogens (primary N) is 1. The van der Waals surface area contributed by atoms with Gasteiger partial charge in [0.1, 0.15) is 0 Å². The van der Waals surface area contributed by atoms with Crippen molar-refractivity contribution in [1.82, 2.24) is 4.31 Å². The van der Waals surface area contributed by atoms with Crippen molar-refractivity contribution in [3.63, 3.8) is 0 Å². The highest BCUT2D eigenvalue weighted by Gasteiger charge is 2.28. The lowest BCUT2D eigenvalue weighted by Gasteiger charge is -2.21. The predicted molar refractivity (Wildman–Crippen MR) is 64.6 cm³/mol. The third kappa shape index (κ3) is 7.88. The molecule has 0 fully saturated rings. The van der Waals surface area contributed by atoms with Gasteiger partial charge in [0.2, 0.25) is 10.0 Å². The maximum Gasteiger partial charge on any atom is 0.389 e. The molecule has 0 aliphatic rings. The topological polar surface area (TPSA) is 63.4 Å². The van der Waals surface area contributed by atoms with Crippen LogP contribution < -0.4 is 5.73 Å². The summed E-state index contributed by atoms with van der Waals surface area (Å²) in [4.78, 5) is 0. The van der Waals surface area contributed by atoms with Crippen LogP contribution in [0.4, 0.5) is 13.2 Å². The van der Waals surface area contributed by atoms with Crippen molar-refractivity contribution in [3.8, 4) is 0 Å². The summed E-state index contributed by atoms with van der Waals surface area (Å²) in [5.74, 6) is -0.476. The minimum Gasteiger partial charge on any atom is -0.329 e. The first-order valence-corrected chi connectivity index (χ1v) is 7.58. The third-order valence-corrected chi connectivity index (χ3v) is 4.35. The summed E-state index contributed by atoms with van der Waals surface area (Å²) < 4.78 is 60.7. The highest BCUT2D eigenvalue weighted by Crippen LogP contribution is 2.22. The van der Waals surface area contributed by atoms with E-state index < -0.39 is 34.8 Å². The van der Waals surface area contributed by atoms with Crippen LogP contribution in [-0.2, 0) is 10.0 Å². The average molecular weight is 290 g/mol. The van der Waals surface area contributed by atoms with Crippen LogP contribution in [0.1, 0.15) is 32.6 Å². The fourth-order valence-corrected chi connectivity index (χ4v) is 3.01. The quantitative estimate of drug-likeness (QED) is 0.703. The number of nitrogens with zero attached hydrogens (tertiary/aromatic N) is 1. The van der Waals surface area contributed by atoms with Crippen LogP contribution in [-0.4, -0.2) is 44.3 Å². The van der Waals surface area contributed by atoms with Gasteiger partial charge >= 0.3 is 6.18 Å². The van der Waals surface area contributed by atoms with E-state index in [1.165, 1.54) is 4.31 Å². The van der Waals surface area contributed by atoms with Crippen LogP contribution in [0, 0.1) is 0 Å². The molecule has 0 radical (unpaired) electrons. The summed E-state index contributed by atoms with van der Waals surface area (Å²) in [6, 6.07) is 0. The highest BCUT2D eigenvalue weighted by atomic mass is 32.2. The van der Waals surface area contributed by atoms with E-state index in [1.54, 1.807) is 0 Å². The van der Waals surface area contributed by atoms with Gasteiger partial charge in [0.15, 0.2) is 0 Å². The van der Waals surface area contributed by atoms with Gasteiger partial charge in [0.05, 0.1) is 5.75 Å². The number of sulfonamides is 1. The van der Waals surface area contributed by atoms with Crippen LogP contribution in [0.2, 0.25) is 0 Å². The van der Waals surface area contributed by atoms with E-state index in [0.29, 0.717) is 13.0 Å². The van der Waals surface area contributed by atoms with Crippen molar-refractivity contribution in [2.45, 2.75) is 38.8 Å². The molecule has 0 saturated carbocycles. The minimum absolute atomic E-state index is 0.161. The first-order chi connectivity index (χ1) is 8.23. The van der Waals surface area contributed by atoms with Gasteiger partial charge in [-0.2, -0.15) is 13.2 Å². The average Bonchev–Trinajstić information content (AvgIpc) is 2.21. The first-order valence-electron chi connectivity index (χ1n) is 5.97. The molecule has 110 valence electrons. The Kier molecular flexibility index (Phi) is 7.81. The second-order valence-corrected chi connectivity index (χ2v) is 6.16. The molecule has 0 saturated heterocycles. The van der Waals surface area contributed by atoms with Crippen molar-refractivity contribution in [3.05, 3.63) is 0 Å². The van der Waals surface area contributed by atoms with E-state index >= 15 is 0 Å². The van der Waals surface area contributed by atoms with Crippen LogP contribution in [0.5, 0.6) is 0 Å². The molecule has 0 aliphatic heterocycles. The van der Waals surface area contributed by atoms with Gasteiger partial charge in [0, 0.05) is 26.1 Å². The molecule has 0 aromatic rings. The molecule has 0 aliphatic carbocycles. The SMILES string of the molecule is CCCCN(CCN)S(=O)(=O)CCCC(F)(F)F. The summed E-state index contributed by atoms with van der Waals surface area (Å²) in [5.41, 5.74) is 5.31. The van der Waals surface area contributed by atoms with E-state index in [4.69, 9.17) is 5.73 Å². The lowest BCUT2D eigenvalue weighted by atomic mass is 10.3. The van der Waals surface area contributed by atoms with Gasteiger partial charge in [-0.25, -0.2) is 12.7 Å². The Balaban J connectivity index is 4.36. The van der Waals surface area contributed by atoms with Gasteiger partial charge in [-0.3, -0.25) is 0 Å². The van der Waals surface area contributed by atoms with Crippen molar-refractivity contribution in [2.75, 3.05) is 25.4 Å². The molecule has 4 nitrogen and oxygen atoms in total. The molecule has 0 atom stereocenters. The lowest BCUT2D eigenvalue weighted by molar-refractivity contribution is -0.134. The third-order valence-electron chi connectivity index (χ3n) is 2.40. The zero-order valence-corrected chi connectivity index (χ0v) is 11.4. The van der Waals surface area contributed by atoms with E-state index in [0.717, 1.165) is 6.42 Å². The van der Waals surface area contributed by atoms with E-state index in [9.17, 15) is 21.6 Å². The molecule has 0 amide bonds. The summed E-state index contributed by atoms with van der Waals surface area (Å²) in [6.07, 6.45) is -4.29. The van der Waals surface area contributed by atoms with E-state index in [2.05, 4.69) is 0 Å². The molecule has 18 heavy (non-hydrogen) atoms. The molecule has 0 heterocycles. The molecule has 2 N–H and O–H groups in total. The molecule has 0 aromatic carbocycles. The number of rotatable bonds is 9. The Hall–Kier alpha value is -0.340. The summed E-state index contributed by atoms with van der Waals surface area (Å²) in [6.45, 7) is 2.56. The van der Waals surface area contributed by atoms with Gasteiger partial charge in [-0.15, -0.1) is 0 Å². The fraction of sp³-hybridized carbons (Fsp3) is 1.00. The van der Waals surface area contributed by atoms with Crippen molar-refractivity contribution < 1.29 is 21.6 Å². The number of hydrogen-bond donors (Lipinski definition) is 1. The van der Waals surface area contributed by atoms with E-state index in [1.807, 2.05) is 6.92 Å². The number of halogens is 3. The standard InChI is InChI=1S/C10H21F3N2O2S/c1-2-3-7-15(8-6-14)18(16,17)9-4-5-10(11,12)13/h2-9,14H2,1H3. The Morgan fingerprint density at radius 2 is 1.78 bits per heavy atom. The molecule has 0 aromatic heterocycles. The van der Waals surface area contributed by atoms with Crippen LogP contribution >= 0.6 is 0 Å². The second kappa shape index (κ2) is 7.96. The highest BCUT2D eigenvalue weighted by molar-refractivity contribution is 7.89. The van der Waals surface area contributed by atoms with Gasteiger partial charge in [0.25, 0.3) is 0 Å². The van der Waals surface area contributed by atoms with Gasteiger partial charge in [-0.1, -0.05) is 13.3 Å². The predicted octanol–water partition coefficient (Wildman–Crippen LogP) is 1.72. The molecule has 0 bridgehead atoms. The first kappa shape index (κ1) is 17.7. The van der Waals surface area contributed by atoms with Crippen LogP contribution in [0.25, 0.3) is 0 Å². The molecule has 0 spiro atoms. The zero-order chi connectivity index (χ0) is 14.2. The largest absolute Gasteiger partial charge is 0.389 e. The maximum absolute atomic E-state index is 12.0. The normalized spacial score (nSPS) is 13.2. The number of hydrogen-bond acceptors (Lipinski definition) is 3. The van der Waals surface area contributed by atoms with Crippen LogP contribution in [0.15, 0.2) is 0 Å². The second-order valence-electron chi connectivity index (χ2n) is 4.08. The van der Waals surface area contributed by atoms with E-state index in [-0.39, 0.29) is 13.1 Å². The van der Waals surface area contributed by atoms with Gasteiger partial charge in [-0.05, 0) is 12.8 Å². The Bertz CT molecular complexity index is 318. The molecular formula is C10H21F3N2O2S. The smallest absolute Gasteiger partial charge is 0.329 e. The number of unbranched alkanes of at least 4 members (excludes halogenated alkanes) is 1.